The summed E-state index contributed by atoms with van der Waals surface area (Å²) in [6.45, 7) is 12.1. The molecule has 14 heteroatoms. The summed E-state index contributed by atoms with van der Waals surface area (Å²) in [6.07, 6.45) is -2.36. The first-order chi connectivity index (χ1) is 17.9. The van der Waals surface area contributed by atoms with Gasteiger partial charge in [0.25, 0.3) is 5.91 Å². The maximum Gasteiger partial charge on any atom is 0.534 e. The smallest absolute Gasteiger partial charge is 0.442 e. The Balaban J connectivity index is 2.02. The fourth-order valence-electron chi connectivity index (χ4n) is 3.91. The van der Waals surface area contributed by atoms with E-state index in [2.05, 4.69) is 5.10 Å². The van der Waals surface area contributed by atoms with E-state index in [1.165, 1.54) is 42.5 Å². The minimum absolute atomic E-state index is 0.0275. The molecule has 2 aliphatic heterocycles. The summed E-state index contributed by atoms with van der Waals surface area (Å²) < 4.78 is 43.3. The zero-order valence-electron chi connectivity index (χ0n) is 23.5. The molecule has 0 aromatic heterocycles. The van der Waals surface area contributed by atoms with Crippen molar-refractivity contribution in [3.63, 3.8) is 0 Å². The van der Waals surface area contributed by atoms with Crippen molar-refractivity contribution in [1.82, 2.24) is 14.4 Å². The van der Waals surface area contributed by atoms with E-state index in [9.17, 15) is 22.8 Å². The highest BCUT2D eigenvalue weighted by Crippen LogP contribution is 2.33. The Morgan fingerprint density at radius 3 is 2.05 bits per heavy atom. The van der Waals surface area contributed by atoms with Crippen LogP contribution in [0, 0.1) is 0 Å². The molecule has 1 aromatic rings. The van der Waals surface area contributed by atoms with Crippen LogP contribution in [0.4, 0.5) is 9.59 Å². The van der Waals surface area contributed by atoms with Crippen LogP contribution in [0.5, 0.6) is 0 Å². The van der Waals surface area contributed by atoms with Crippen LogP contribution in [-0.2, 0) is 33.9 Å². The molecule has 1 atom stereocenters. The van der Waals surface area contributed by atoms with Crippen LogP contribution in [0.3, 0.4) is 0 Å². The quantitative estimate of drug-likeness (QED) is 0.395. The number of carbonyl (C=O) groups excluding carboxylic acids is 3. The van der Waals surface area contributed by atoms with Crippen molar-refractivity contribution < 1.29 is 41.8 Å². The fraction of sp³-hybridized carbons (Fsp3) is 0.600. The van der Waals surface area contributed by atoms with Crippen molar-refractivity contribution in [3.05, 3.63) is 29.8 Å². The highest BCUT2D eigenvalue weighted by Gasteiger charge is 2.57. The molecule has 2 aliphatic rings. The van der Waals surface area contributed by atoms with Gasteiger partial charge in [0.05, 0.1) is 18.1 Å². The Morgan fingerprint density at radius 2 is 1.54 bits per heavy atom. The lowest BCUT2D eigenvalue weighted by molar-refractivity contribution is -0.176. The third kappa shape index (κ3) is 6.68. The molecule has 2 amide bonds. The first-order valence-corrected chi connectivity index (χ1v) is 13.8. The Bertz CT molecular complexity index is 1240. The molecule has 0 bridgehead atoms. The van der Waals surface area contributed by atoms with Crippen LogP contribution in [0.2, 0.25) is 0 Å². The topological polar surface area (TPSA) is 144 Å². The normalized spacial score (nSPS) is 20.9. The van der Waals surface area contributed by atoms with E-state index in [1.54, 1.807) is 41.5 Å². The second kappa shape index (κ2) is 10.7. The van der Waals surface area contributed by atoms with Crippen LogP contribution >= 0.6 is 0 Å². The summed E-state index contributed by atoms with van der Waals surface area (Å²) in [5, 5.41) is 5.81. The predicted octanol–water partition coefficient (Wildman–Crippen LogP) is 2.75. The average Bonchev–Trinajstić information content (AvgIpc) is 3.05. The molecule has 13 nitrogen and oxygen atoms in total. The lowest BCUT2D eigenvalue weighted by Crippen LogP contribution is -2.61. The van der Waals surface area contributed by atoms with Crippen molar-refractivity contribution >= 4 is 33.9 Å². The standard InChI is InChI=1S/C25H36N4O9S/c1-23(2,3)36-21(31)29(38-22(32)37-24(4,5)6)25(7)19(26-27(8)20(25)30)17-9-11-18(12-10-17)39(33,34)28-13-15-35-16-14-28/h9-12H,13-16H2,1-8H3. The molecule has 39 heavy (non-hydrogen) atoms. The Hall–Kier alpha value is -3.23. The number of benzene rings is 1. The van der Waals surface area contributed by atoms with Gasteiger partial charge in [-0.2, -0.15) is 9.41 Å². The zero-order chi connectivity index (χ0) is 29.4. The third-order valence-corrected chi connectivity index (χ3v) is 7.59. The van der Waals surface area contributed by atoms with Gasteiger partial charge in [-0.1, -0.05) is 12.1 Å². The molecule has 0 aliphatic carbocycles. The van der Waals surface area contributed by atoms with Gasteiger partial charge < -0.3 is 14.2 Å². The molecule has 1 aromatic carbocycles. The van der Waals surface area contributed by atoms with Gasteiger partial charge in [-0.3, -0.25) is 9.63 Å². The van der Waals surface area contributed by atoms with E-state index in [0.29, 0.717) is 23.8 Å². The minimum Gasteiger partial charge on any atom is -0.442 e. The van der Waals surface area contributed by atoms with Crippen LogP contribution in [0.1, 0.15) is 54.0 Å². The van der Waals surface area contributed by atoms with Crippen molar-refractivity contribution in [2.24, 2.45) is 5.10 Å². The monoisotopic (exact) mass is 568 g/mol. The van der Waals surface area contributed by atoms with Crippen molar-refractivity contribution in [2.45, 2.75) is 70.1 Å². The third-order valence-electron chi connectivity index (χ3n) is 5.68. The van der Waals surface area contributed by atoms with Gasteiger partial charge in [0.2, 0.25) is 15.6 Å². The number of nitrogens with zero attached hydrogens (tertiary/aromatic N) is 4. The van der Waals surface area contributed by atoms with E-state index in [0.717, 1.165) is 5.01 Å². The molecule has 0 radical (unpaired) electrons. The lowest BCUT2D eigenvalue weighted by atomic mass is 9.90. The molecule has 0 spiro atoms. The number of carbonyl (C=O) groups is 3. The molecule has 3 rings (SSSR count). The number of morpholine rings is 1. The molecule has 0 N–H and O–H groups in total. The number of ether oxygens (including phenoxy) is 3. The maximum absolute atomic E-state index is 13.4. The van der Waals surface area contributed by atoms with Crippen LogP contribution in [0.15, 0.2) is 34.3 Å². The first kappa shape index (κ1) is 30.3. The highest BCUT2D eigenvalue weighted by molar-refractivity contribution is 7.89. The van der Waals surface area contributed by atoms with Crippen LogP contribution in [0.25, 0.3) is 0 Å². The van der Waals surface area contributed by atoms with E-state index in [1.807, 2.05) is 0 Å². The van der Waals surface area contributed by atoms with E-state index in [-0.39, 0.29) is 23.7 Å². The molecule has 1 fully saturated rings. The summed E-state index contributed by atoms with van der Waals surface area (Å²) in [4.78, 5) is 44.7. The van der Waals surface area contributed by atoms with Crippen LogP contribution in [-0.4, -0.2) is 96.8 Å². The first-order valence-electron chi connectivity index (χ1n) is 12.4. The summed E-state index contributed by atoms with van der Waals surface area (Å²) in [7, 11) is -2.39. The zero-order valence-corrected chi connectivity index (χ0v) is 24.3. The number of hydrogen-bond acceptors (Lipinski definition) is 10. The second-order valence-electron chi connectivity index (χ2n) is 11.2. The van der Waals surface area contributed by atoms with Gasteiger partial charge in [-0.15, -0.1) is 5.06 Å². The van der Waals surface area contributed by atoms with Gasteiger partial charge in [0.1, 0.15) is 16.9 Å². The van der Waals surface area contributed by atoms with Gasteiger partial charge in [0, 0.05) is 25.7 Å². The number of hydroxylamine groups is 2. The molecule has 0 saturated carbocycles. The number of hydrogen-bond donors (Lipinski definition) is 0. The predicted molar refractivity (Wildman–Crippen MR) is 139 cm³/mol. The molecule has 216 valence electrons. The largest absolute Gasteiger partial charge is 0.534 e. The van der Waals surface area contributed by atoms with Gasteiger partial charge >= 0.3 is 12.2 Å². The Kier molecular flexibility index (Phi) is 8.35. The van der Waals surface area contributed by atoms with Crippen molar-refractivity contribution in [2.75, 3.05) is 33.4 Å². The number of likely N-dealkylation sites (N-methyl/N-ethyl adjacent to an activating group) is 1. The second-order valence-corrected chi connectivity index (χ2v) is 13.2. The number of rotatable bonds is 4. The summed E-state index contributed by atoms with van der Waals surface area (Å²) in [5.74, 6) is -0.697. The average molecular weight is 569 g/mol. The highest BCUT2D eigenvalue weighted by atomic mass is 32.2. The SMILES string of the molecule is CN1N=C(c2ccc(S(=O)(=O)N3CCOCC3)cc2)C(C)(N(OC(=O)OC(C)(C)C)C(=O)OC(C)(C)C)C1=O. The van der Waals surface area contributed by atoms with Gasteiger partial charge in [0.15, 0.2) is 0 Å². The number of amides is 2. The summed E-state index contributed by atoms with van der Waals surface area (Å²) in [6, 6.07) is 5.71. The maximum atomic E-state index is 13.4. The molecule has 2 heterocycles. The summed E-state index contributed by atoms with van der Waals surface area (Å²) >= 11 is 0. The molecular weight excluding hydrogens is 532 g/mol. The molecule has 1 unspecified atom stereocenters. The van der Waals surface area contributed by atoms with Gasteiger partial charge in [-0.05, 0) is 60.6 Å². The van der Waals surface area contributed by atoms with Gasteiger partial charge in [-0.25, -0.2) is 23.0 Å². The van der Waals surface area contributed by atoms with E-state index < -0.39 is 44.9 Å². The number of sulfonamides is 1. The van der Waals surface area contributed by atoms with E-state index >= 15 is 0 Å². The minimum atomic E-state index is -3.77. The molecular formula is C25H36N4O9S. The lowest BCUT2D eigenvalue weighted by Gasteiger charge is -2.36. The fourth-order valence-corrected chi connectivity index (χ4v) is 5.32. The van der Waals surface area contributed by atoms with Crippen LogP contribution < -0.4 is 0 Å². The summed E-state index contributed by atoms with van der Waals surface area (Å²) in [5.41, 5.74) is -3.58. The molecule has 1 saturated heterocycles. The van der Waals surface area contributed by atoms with Crippen molar-refractivity contribution in [1.29, 1.82) is 0 Å². The Labute approximate surface area is 228 Å². The van der Waals surface area contributed by atoms with E-state index in [4.69, 9.17) is 19.0 Å². The number of hydrazone groups is 1. The Morgan fingerprint density at radius 1 is 1.00 bits per heavy atom. The van der Waals surface area contributed by atoms with Crippen molar-refractivity contribution in [3.8, 4) is 0 Å².